The first-order valence-electron chi connectivity index (χ1n) is 22.1. The number of nitrogens with zero attached hydrogens (tertiary/aromatic N) is 6. The number of carbonyl (C=O) groups excluding carboxylic acids is 3. The minimum atomic E-state index is -4.35. The van der Waals surface area contributed by atoms with Gasteiger partial charge in [0.1, 0.15) is 23.7 Å². The number of ketones is 1. The molecule has 19 heteroatoms. The molecule has 4 saturated heterocycles. The number of ether oxygens (including phenoxy) is 1. The third kappa shape index (κ3) is 8.40. The van der Waals surface area contributed by atoms with Crippen molar-refractivity contribution in [2.45, 2.75) is 44.1 Å². The Kier molecular flexibility index (Phi) is 11.6. The zero-order chi connectivity index (χ0) is 45.9. The Hall–Kier alpha value is -6.28. The molecule has 15 nitrogen and oxygen atoms in total. The summed E-state index contributed by atoms with van der Waals surface area (Å²) < 4.78 is 79.2. The molecule has 5 aliphatic rings. The van der Waals surface area contributed by atoms with Crippen LogP contribution in [0.15, 0.2) is 85.3 Å². The van der Waals surface area contributed by atoms with Crippen molar-refractivity contribution in [3.8, 4) is 11.1 Å². The van der Waals surface area contributed by atoms with Crippen LogP contribution in [0.25, 0.3) is 22.2 Å². The molecule has 0 saturated carbocycles. The maximum absolute atomic E-state index is 15.7. The summed E-state index contributed by atoms with van der Waals surface area (Å²) in [5.74, 6) is -3.82. The molecule has 0 bridgehead atoms. The molecule has 344 valence electrons. The Morgan fingerprint density at radius 3 is 2.42 bits per heavy atom. The lowest BCUT2D eigenvalue weighted by Gasteiger charge is -2.41. The topological polar surface area (TPSA) is 164 Å². The van der Waals surface area contributed by atoms with E-state index in [4.69, 9.17) is 4.74 Å². The number of carbonyl (C=O) groups is 3. The summed E-state index contributed by atoms with van der Waals surface area (Å²) in [6.45, 7) is 10.3. The molecule has 2 aromatic heterocycles. The average molecular weight is 924 g/mol. The van der Waals surface area contributed by atoms with Crippen LogP contribution in [0.3, 0.4) is 0 Å². The zero-order valence-corrected chi connectivity index (χ0v) is 36.8. The molecular weight excluding hydrogens is 876 g/mol. The fourth-order valence-corrected chi connectivity index (χ4v) is 10.7. The van der Waals surface area contributed by atoms with E-state index < -0.39 is 51.1 Å². The van der Waals surface area contributed by atoms with Crippen LogP contribution in [0.5, 0.6) is 0 Å². The predicted molar refractivity (Wildman–Crippen MR) is 242 cm³/mol. The number of alkyl halides is 1. The van der Waals surface area contributed by atoms with Gasteiger partial charge in [-0.3, -0.25) is 24.0 Å². The quantitative estimate of drug-likeness (QED) is 0.134. The van der Waals surface area contributed by atoms with Crippen molar-refractivity contribution in [3.63, 3.8) is 0 Å². The molecule has 66 heavy (non-hydrogen) atoms. The summed E-state index contributed by atoms with van der Waals surface area (Å²) in [7, 11) is -4.35. The standard InChI is InChI=1S/C47H48F3N9O6S/c1-28-2-11-41(46(61)53-28)59-24-31-20-34(7-8-36(31)47(59)62)56-16-14-55(15-17-56)18-19-65-35-26-57(27-35)33-5-3-29(4-6-33)30-21-37-38(23-52-45(37)51-22-30)44(60)42-39(49)9-10-40(43(42)50)54-66(63,64)58-13-12-32(48)25-58/h3-10,20-23,32,35,41,54H,1-2,11-19,24-27H2,(H,51,52)(H,53,61)/t32-,41?/m1/s1. The van der Waals surface area contributed by atoms with Crippen molar-refractivity contribution in [1.29, 1.82) is 0 Å². The molecule has 5 aromatic rings. The second-order valence-electron chi connectivity index (χ2n) is 17.5. The van der Waals surface area contributed by atoms with Gasteiger partial charge < -0.3 is 29.7 Å². The summed E-state index contributed by atoms with van der Waals surface area (Å²) in [6, 6.07) is 16.8. The largest absolute Gasteiger partial charge is 0.373 e. The van der Waals surface area contributed by atoms with Crippen molar-refractivity contribution < 1.29 is 40.7 Å². The van der Waals surface area contributed by atoms with Gasteiger partial charge in [0.05, 0.1) is 24.0 Å². The number of rotatable bonds is 13. The number of aromatic nitrogens is 2. The van der Waals surface area contributed by atoms with Gasteiger partial charge in [-0.2, -0.15) is 12.7 Å². The van der Waals surface area contributed by atoms with Crippen molar-refractivity contribution in [2.24, 2.45) is 0 Å². The Balaban J connectivity index is 0.698. The van der Waals surface area contributed by atoms with E-state index in [0.717, 1.165) is 84.8 Å². The third-order valence-electron chi connectivity index (χ3n) is 13.3. The van der Waals surface area contributed by atoms with Gasteiger partial charge in [0.25, 0.3) is 5.91 Å². The van der Waals surface area contributed by atoms with Crippen molar-refractivity contribution in [3.05, 3.63) is 119 Å². The van der Waals surface area contributed by atoms with Crippen LogP contribution in [-0.2, 0) is 26.3 Å². The molecule has 3 aromatic carbocycles. The Morgan fingerprint density at radius 1 is 0.909 bits per heavy atom. The van der Waals surface area contributed by atoms with Crippen LogP contribution >= 0.6 is 0 Å². The monoisotopic (exact) mass is 923 g/mol. The average Bonchev–Trinajstić information content (AvgIpc) is 4.02. The molecule has 10 rings (SSSR count). The molecule has 5 aliphatic heterocycles. The highest BCUT2D eigenvalue weighted by atomic mass is 32.2. The Bertz CT molecular complexity index is 2860. The predicted octanol–water partition coefficient (Wildman–Crippen LogP) is 5.22. The van der Waals surface area contributed by atoms with E-state index in [1.165, 1.54) is 6.20 Å². The molecule has 1 unspecified atom stereocenters. The van der Waals surface area contributed by atoms with Gasteiger partial charge in [0, 0.05) is 117 Å². The molecule has 4 fully saturated rings. The highest BCUT2D eigenvalue weighted by Crippen LogP contribution is 2.34. The lowest BCUT2D eigenvalue weighted by atomic mass is 9.99. The number of piperazine rings is 1. The number of hydrogen-bond acceptors (Lipinski definition) is 10. The molecule has 2 atom stereocenters. The number of nitrogens with one attached hydrogen (secondary N) is 3. The first-order valence-corrected chi connectivity index (χ1v) is 23.5. The van der Waals surface area contributed by atoms with Crippen LogP contribution < -0.4 is 19.8 Å². The molecule has 2 amide bonds. The number of piperidine rings is 1. The number of halogens is 3. The summed E-state index contributed by atoms with van der Waals surface area (Å²) in [4.78, 5) is 55.5. The van der Waals surface area contributed by atoms with E-state index in [0.29, 0.717) is 53.9 Å². The van der Waals surface area contributed by atoms with Crippen molar-refractivity contribution >= 4 is 55.9 Å². The van der Waals surface area contributed by atoms with Gasteiger partial charge in [0.2, 0.25) is 11.7 Å². The Morgan fingerprint density at radius 2 is 1.68 bits per heavy atom. The molecule has 0 spiro atoms. The zero-order valence-electron chi connectivity index (χ0n) is 35.9. The van der Waals surface area contributed by atoms with E-state index in [1.807, 2.05) is 41.1 Å². The summed E-state index contributed by atoms with van der Waals surface area (Å²) >= 11 is 0. The van der Waals surface area contributed by atoms with Gasteiger partial charge in [0.15, 0.2) is 5.82 Å². The fourth-order valence-electron chi connectivity index (χ4n) is 9.47. The van der Waals surface area contributed by atoms with Gasteiger partial charge in [-0.15, -0.1) is 0 Å². The second kappa shape index (κ2) is 17.5. The molecular formula is C47H48F3N9O6S. The third-order valence-corrected chi connectivity index (χ3v) is 14.8. The lowest BCUT2D eigenvalue weighted by molar-refractivity contribution is -0.126. The SMILES string of the molecule is C=C1CCC(N2Cc3cc(N4CCN(CCOC5CN(c6ccc(-c7cnc8[nH]cc(C(=O)c9c(F)ccc(NS(=O)(=O)N%10CC[C@@H](F)C%10)c9F)c8c7)cc6)C5)CC4)ccc3C2=O)C(=O)N1. The summed E-state index contributed by atoms with van der Waals surface area (Å²) in [6.07, 6.45) is 2.96. The molecule has 7 heterocycles. The van der Waals surface area contributed by atoms with E-state index in [2.05, 4.69) is 42.6 Å². The molecule has 3 N–H and O–H groups in total. The number of allylic oxidation sites excluding steroid dienone is 1. The second-order valence-corrected chi connectivity index (χ2v) is 19.2. The molecule has 0 aliphatic carbocycles. The van der Waals surface area contributed by atoms with Gasteiger partial charge >= 0.3 is 10.2 Å². The minimum absolute atomic E-state index is 0.00332. The fraction of sp³-hybridized carbons (Fsp3) is 0.362. The van der Waals surface area contributed by atoms with E-state index >= 15 is 8.78 Å². The number of hydrogen-bond donors (Lipinski definition) is 3. The smallest absolute Gasteiger partial charge is 0.301 e. The van der Waals surface area contributed by atoms with Crippen molar-refractivity contribution in [1.82, 2.24) is 29.4 Å². The molecule has 0 radical (unpaired) electrons. The summed E-state index contributed by atoms with van der Waals surface area (Å²) in [5, 5.41) is 3.12. The van der Waals surface area contributed by atoms with Crippen LogP contribution in [0.2, 0.25) is 0 Å². The van der Waals surface area contributed by atoms with Gasteiger partial charge in [-0.05, 0) is 78.9 Å². The van der Waals surface area contributed by atoms with E-state index in [9.17, 15) is 27.2 Å². The summed E-state index contributed by atoms with van der Waals surface area (Å²) in [5.41, 5.74) is 4.61. The van der Waals surface area contributed by atoms with Crippen LogP contribution in [0, 0.1) is 11.6 Å². The number of anilines is 3. The number of H-pyrrole nitrogens is 1. The van der Waals surface area contributed by atoms with Crippen LogP contribution in [0.4, 0.5) is 30.2 Å². The number of amides is 2. The van der Waals surface area contributed by atoms with E-state index in [-0.39, 0.29) is 43.0 Å². The first-order chi connectivity index (χ1) is 31.8. The maximum Gasteiger partial charge on any atom is 0.301 e. The van der Waals surface area contributed by atoms with Crippen LogP contribution in [-0.4, -0.2) is 134 Å². The highest BCUT2D eigenvalue weighted by Gasteiger charge is 2.39. The highest BCUT2D eigenvalue weighted by molar-refractivity contribution is 7.90. The van der Waals surface area contributed by atoms with Crippen LogP contribution in [0.1, 0.15) is 51.1 Å². The Labute approximate surface area is 379 Å². The maximum atomic E-state index is 15.7. The van der Waals surface area contributed by atoms with Gasteiger partial charge in [-0.25, -0.2) is 18.2 Å². The van der Waals surface area contributed by atoms with Crippen molar-refractivity contribution in [2.75, 3.05) is 80.0 Å². The normalized spacial score (nSPS) is 20.8. The lowest BCUT2D eigenvalue weighted by Crippen LogP contribution is -2.53. The van der Waals surface area contributed by atoms with E-state index in [1.54, 1.807) is 17.2 Å². The number of aromatic amines is 1. The van der Waals surface area contributed by atoms with Gasteiger partial charge in [-0.1, -0.05) is 18.7 Å². The number of benzene rings is 3. The number of pyridine rings is 1. The number of fused-ring (bicyclic) bond motifs is 2. The first kappa shape index (κ1) is 43.6. The minimum Gasteiger partial charge on any atom is -0.373 e.